The van der Waals surface area contributed by atoms with Crippen LogP contribution in [0.25, 0.3) is 11.0 Å². The van der Waals surface area contributed by atoms with Crippen molar-refractivity contribution in [3.63, 3.8) is 0 Å². The molecule has 0 amide bonds. The van der Waals surface area contributed by atoms with Gasteiger partial charge in [0, 0.05) is 6.07 Å². The standard InChI is InChI=1S/C12H11FN6O/c1-7(20-9-2-8(13)3-14-4-9)18-12-11-10(5-17-19-11)15-6-16-12/h2-7H,1H3,(H,17,19)(H,15,16,18). The fourth-order valence-corrected chi connectivity index (χ4v) is 1.76. The van der Waals surface area contributed by atoms with E-state index in [9.17, 15) is 4.39 Å². The molecule has 3 aromatic rings. The number of aromatic amines is 1. The van der Waals surface area contributed by atoms with Gasteiger partial charge >= 0.3 is 0 Å². The zero-order chi connectivity index (χ0) is 13.9. The fourth-order valence-electron chi connectivity index (χ4n) is 1.76. The van der Waals surface area contributed by atoms with Crippen LogP contribution in [0.1, 0.15) is 6.92 Å². The summed E-state index contributed by atoms with van der Waals surface area (Å²) in [6.07, 6.45) is 5.15. The van der Waals surface area contributed by atoms with E-state index < -0.39 is 12.0 Å². The van der Waals surface area contributed by atoms with Crippen LogP contribution in [-0.2, 0) is 0 Å². The van der Waals surface area contributed by atoms with E-state index in [2.05, 4.69) is 30.5 Å². The van der Waals surface area contributed by atoms with Crippen LogP contribution >= 0.6 is 0 Å². The molecule has 0 aliphatic rings. The summed E-state index contributed by atoms with van der Waals surface area (Å²) in [6, 6.07) is 1.26. The number of hydrogen-bond donors (Lipinski definition) is 2. The minimum Gasteiger partial charge on any atom is -0.469 e. The lowest BCUT2D eigenvalue weighted by Crippen LogP contribution is -2.23. The minimum atomic E-state index is -0.451. The lowest BCUT2D eigenvalue weighted by atomic mass is 10.4. The SMILES string of the molecule is CC(Nc1ncnc2cn[nH]c12)Oc1cncc(F)c1. The van der Waals surface area contributed by atoms with E-state index in [0.29, 0.717) is 22.6 Å². The maximum absolute atomic E-state index is 13.0. The molecule has 3 rings (SSSR count). The van der Waals surface area contributed by atoms with Crippen molar-refractivity contribution in [2.45, 2.75) is 13.2 Å². The van der Waals surface area contributed by atoms with Gasteiger partial charge in [0.25, 0.3) is 0 Å². The summed E-state index contributed by atoms with van der Waals surface area (Å²) in [5.74, 6) is 0.442. The summed E-state index contributed by atoms with van der Waals surface area (Å²) >= 11 is 0. The average molecular weight is 274 g/mol. The highest BCUT2D eigenvalue weighted by Crippen LogP contribution is 2.18. The van der Waals surface area contributed by atoms with Gasteiger partial charge < -0.3 is 10.1 Å². The molecule has 0 aliphatic carbocycles. The number of aromatic nitrogens is 5. The van der Waals surface area contributed by atoms with Crippen LogP contribution in [0.5, 0.6) is 5.75 Å². The molecule has 20 heavy (non-hydrogen) atoms. The lowest BCUT2D eigenvalue weighted by molar-refractivity contribution is 0.248. The molecule has 0 aliphatic heterocycles. The summed E-state index contributed by atoms with van der Waals surface area (Å²) in [7, 11) is 0. The van der Waals surface area contributed by atoms with Gasteiger partial charge in [0.15, 0.2) is 12.0 Å². The monoisotopic (exact) mass is 274 g/mol. The molecule has 0 spiro atoms. The topological polar surface area (TPSA) is 88.6 Å². The van der Waals surface area contributed by atoms with Crippen LogP contribution in [0.3, 0.4) is 0 Å². The molecule has 3 heterocycles. The number of pyridine rings is 1. The summed E-state index contributed by atoms with van der Waals surface area (Å²) in [4.78, 5) is 11.9. The molecule has 0 bridgehead atoms. The third kappa shape index (κ3) is 2.48. The summed E-state index contributed by atoms with van der Waals surface area (Å²) in [6.45, 7) is 1.77. The Morgan fingerprint density at radius 1 is 1.30 bits per heavy atom. The Hall–Kier alpha value is -2.77. The van der Waals surface area contributed by atoms with Crippen LogP contribution in [-0.4, -0.2) is 31.4 Å². The highest BCUT2D eigenvalue weighted by molar-refractivity contribution is 5.84. The molecule has 8 heteroatoms. The first-order valence-corrected chi connectivity index (χ1v) is 5.90. The Morgan fingerprint density at radius 3 is 3.05 bits per heavy atom. The predicted molar refractivity (Wildman–Crippen MR) is 69.6 cm³/mol. The molecule has 102 valence electrons. The van der Waals surface area contributed by atoms with E-state index in [4.69, 9.17) is 4.74 Å². The predicted octanol–water partition coefficient (Wildman–Crippen LogP) is 1.72. The number of halogens is 1. The normalized spacial score (nSPS) is 12.3. The maximum atomic E-state index is 13.0. The molecule has 0 saturated carbocycles. The van der Waals surface area contributed by atoms with Crippen molar-refractivity contribution in [2.75, 3.05) is 5.32 Å². The average Bonchev–Trinajstić information content (AvgIpc) is 2.88. The molecular weight excluding hydrogens is 263 g/mol. The van der Waals surface area contributed by atoms with Gasteiger partial charge in [0.05, 0.1) is 18.6 Å². The first kappa shape index (κ1) is 12.3. The van der Waals surface area contributed by atoms with Gasteiger partial charge in [-0.15, -0.1) is 0 Å². The van der Waals surface area contributed by atoms with Crippen molar-refractivity contribution in [3.05, 3.63) is 36.8 Å². The second-order valence-electron chi connectivity index (χ2n) is 4.10. The quantitative estimate of drug-likeness (QED) is 0.704. The van der Waals surface area contributed by atoms with E-state index in [1.54, 1.807) is 13.1 Å². The van der Waals surface area contributed by atoms with Crippen LogP contribution in [0.4, 0.5) is 10.2 Å². The molecule has 0 radical (unpaired) electrons. The van der Waals surface area contributed by atoms with Gasteiger partial charge in [-0.1, -0.05) is 0 Å². The van der Waals surface area contributed by atoms with E-state index in [-0.39, 0.29) is 0 Å². The van der Waals surface area contributed by atoms with Gasteiger partial charge in [-0.2, -0.15) is 5.10 Å². The number of ether oxygens (including phenoxy) is 1. The Bertz CT molecular complexity index is 731. The van der Waals surface area contributed by atoms with E-state index in [0.717, 1.165) is 6.20 Å². The molecular formula is C12H11FN6O. The number of anilines is 1. The largest absolute Gasteiger partial charge is 0.469 e. The van der Waals surface area contributed by atoms with Gasteiger partial charge in [-0.3, -0.25) is 10.1 Å². The highest BCUT2D eigenvalue weighted by atomic mass is 19.1. The number of H-pyrrole nitrogens is 1. The Morgan fingerprint density at radius 2 is 2.20 bits per heavy atom. The number of nitrogens with zero attached hydrogens (tertiary/aromatic N) is 4. The van der Waals surface area contributed by atoms with E-state index >= 15 is 0 Å². The highest BCUT2D eigenvalue weighted by Gasteiger charge is 2.10. The summed E-state index contributed by atoms with van der Waals surface area (Å²) in [5.41, 5.74) is 1.38. The van der Waals surface area contributed by atoms with Gasteiger partial charge in [0.2, 0.25) is 0 Å². The molecule has 0 fully saturated rings. The number of hydrogen-bond acceptors (Lipinski definition) is 6. The second-order valence-corrected chi connectivity index (χ2v) is 4.10. The Kier molecular flexibility index (Phi) is 3.12. The van der Waals surface area contributed by atoms with E-state index in [1.165, 1.54) is 18.6 Å². The molecule has 7 nitrogen and oxygen atoms in total. The minimum absolute atomic E-state index is 0.333. The first-order valence-electron chi connectivity index (χ1n) is 5.90. The zero-order valence-corrected chi connectivity index (χ0v) is 10.5. The van der Waals surface area contributed by atoms with Crippen molar-refractivity contribution in [2.24, 2.45) is 0 Å². The number of fused-ring (bicyclic) bond motifs is 1. The van der Waals surface area contributed by atoms with Crippen LogP contribution in [0.15, 0.2) is 31.0 Å². The molecule has 2 N–H and O–H groups in total. The van der Waals surface area contributed by atoms with Gasteiger partial charge in [-0.05, 0) is 6.92 Å². The van der Waals surface area contributed by atoms with Crippen molar-refractivity contribution >= 4 is 16.9 Å². The number of rotatable bonds is 4. The Labute approximate surface area is 113 Å². The molecule has 0 saturated heterocycles. The molecule has 1 unspecified atom stereocenters. The molecule has 0 aromatic carbocycles. The van der Waals surface area contributed by atoms with Crippen LogP contribution in [0, 0.1) is 5.82 Å². The van der Waals surface area contributed by atoms with Crippen molar-refractivity contribution in [1.82, 2.24) is 25.1 Å². The molecule has 1 atom stereocenters. The first-order chi connectivity index (χ1) is 9.72. The van der Waals surface area contributed by atoms with E-state index in [1.807, 2.05) is 0 Å². The van der Waals surface area contributed by atoms with Crippen molar-refractivity contribution in [1.29, 1.82) is 0 Å². The van der Waals surface area contributed by atoms with Crippen LogP contribution < -0.4 is 10.1 Å². The third-order valence-corrected chi connectivity index (χ3v) is 2.57. The lowest BCUT2D eigenvalue weighted by Gasteiger charge is -2.16. The van der Waals surface area contributed by atoms with Gasteiger partial charge in [0.1, 0.15) is 28.9 Å². The molecule has 3 aromatic heterocycles. The smallest absolute Gasteiger partial charge is 0.168 e. The second kappa shape index (κ2) is 5.08. The Balaban J connectivity index is 1.76. The van der Waals surface area contributed by atoms with Crippen molar-refractivity contribution < 1.29 is 9.13 Å². The van der Waals surface area contributed by atoms with Crippen molar-refractivity contribution in [3.8, 4) is 5.75 Å². The maximum Gasteiger partial charge on any atom is 0.168 e. The fraction of sp³-hybridized carbons (Fsp3) is 0.167. The third-order valence-electron chi connectivity index (χ3n) is 2.57. The summed E-state index contributed by atoms with van der Waals surface area (Å²) in [5, 5.41) is 9.74. The zero-order valence-electron chi connectivity index (χ0n) is 10.5. The summed E-state index contributed by atoms with van der Waals surface area (Å²) < 4.78 is 18.5. The van der Waals surface area contributed by atoms with Crippen LogP contribution in [0.2, 0.25) is 0 Å². The number of nitrogens with one attached hydrogen (secondary N) is 2. The van der Waals surface area contributed by atoms with Gasteiger partial charge in [-0.25, -0.2) is 14.4 Å².